The standard InChI is InChI=1S/C19H16ClF2N3OS2/c20-12-5-4-10(18-23-6-7-27-18)8-11(12)19-24-9-15(28-19)17(26)25-16-13(21)2-1-3-14(16)22/h4-9,13-14,16H,1-3H2,(H,25,26). The lowest BCUT2D eigenvalue weighted by Crippen LogP contribution is -2.49. The predicted molar refractivity (Wildman–Crippen MR) is 109 cm³/mol. The Morgan fingerprint density at radius 1 is 1.18 bits per heavy atom. The first kappa shape index (κ1) is 19.4. The van der Waals surface area contributed by atoms with Crippen molar-refractivity contribution in [2.75, 3.05) is 0 Å². The van der Waals surface area contributed by atoms with Gasteiger partial charge in [0.1, 0.15) is 27.2 Å². The van der Waals surface area contributed by atoms with Crippen molar-refractivity contribution >= 4 is 40.2 Å². The predicted octanol–water partition coefficient (Wildman–Crippen LogP) is 5.55. The van der Waals surface area contributed by atoms with Crippen LogP contribution < -0.4 is 5.32 Å². The first-order valence-corrected chi connectivity index (χ1v) is 10.8. The van der Waals surface area contributed by atoms with Crippen molar-refractivity contribution in [3.63, 3.8) is 0 Å². The molecule has 1 fully saturated rings. The van der Waals surface area contributed by atoms with Gasteiger partial charge in [0.25, 0.3) is 5.91 Å². The lowest BCUT2D eigenvalue weighted by molar-refractivity contribution is 0.0744. The molecule has 4 rings (SSSR count). The summed E-state index contributed by atoms with van der Waals surface area (Å²) >= 11 is 8.97. The number of alkyl halides is 2. The molecular weight excluding hydrogens is 424 g/mol. The first-order chi connectivity index (χ1) is 13.5. The summed E-state index contributed by atoms with van der Waals surface area (Å²) in [5.74, 6) is -0.520. The van der Waals surface area contributed by atoms with Gasteiger partial charge in [-0.05, 0) is 31.4 Å². The zero-order valence-electron chi connectivity index (χ0n) is 14.6. The number of nitrogens with one attached hydrogen (secondary N) is 1. The molecule has 3 aromatic rings. The van der Waals surface area contributed by atoms with Crippen molar-refractivity contribution in [1.29, 1.82) is 0 Å². The lowest BCUT2D eigenvalue weighted by Gasteiger charge is -2.29. The van der Waals surface area contributed by atoms with Gasteiger partial charge in [-0.2, -0.15) is 0 Å². The third-order valence-corrected chi connectivity index (χ3v) is 6.82. The summed E-state index contributed by atoms with van der Waals surface area (Å²) < 4.78 is 28.0. The number of aromatic nitrogens is 2. The number of thiazole rings is 2. The Hall–Kier alpha value is -1.90. The molecule has 1 saturated carbocycles. The second-order valence-corrected chi connectivity index (χ2v) is 8.86. The summed E-state index contributed by atoms with van der Waals surface area (Å²) in [4.78, 5) is 21.3. The second-order valence-electron chi connectivity index (χ2n) is 6.52. The fourth-order valence-electron chi connectivity index (χ4n) is 3.19. The van der Waals surface area contributed by atoms with Crippen molar-refractivity contribution in [3.8, 4) is 21.1 Å². The fraction of sp³-hybridized carbons (Fsp3) is 0.316. The highest BCUT2D eigenvalue weighted by molar-refractivity contribution is 7.17. The first-order valence-electron chi connectivity index (χ1n) is 8.77. The highest BCUT2D eigenvalue weighted by Crippen LogP contribution is 2.35. The Bertz CT molecular complexity index is 969. The lowest BCUT2D eigenvalue weighted by atomic mass is 9.92. The topological polar surface area (TPSA) is 54.9 Å². The molecule has 2 atom stereocenters. The maximum absolute atomic E-state index is 14.0. The normalized spacial score (nSPS) is 22.2. The third-order valence-electron chi connectivity index (χ3n) is 4.64. The Labute approximate surface area is 173 Å². The van der Waals surface area contributed by atoms with Crippen LogP contribution in [0.25, 0.3) is 21.1 Å². The highest BCUT2D eigenvalue weighted by Gasteiger charge is 2.35. The van der Waals surface area contributed by atoms with E-state index in [0.717, 1.165) is 21.9 Å². The molecule has 2 unspecified atom stereocenters. The van der Waals surface area contributed by atoms with Crippen LogP contribution in [0, 0.1) is 0 Å². The molecule has 1 aliphatic carbocycles. The van der Waals surface area contributed by atoms with Gasteiger partial charge in [-0.15, -0.1) is 22.7 Å². The number of hydrogen-bond donors (Lipinski definition) is 1. The van der Waals surface area contributed by atoms with Crippen LogP contribution in [0.3, 0.4) is 0 Å². The minimum absolute atomic E-state index is 0.262. The number of nitrogens with zero attached hydrogens (tertiary/aromatic N) is 2. The van der Waals surface area contributed by atoms with E-state index in [0.29, 0.717) is 22.0 Å². The SMILES string of the molecule is O=C(NC1C(F)CCCC1F)c1cnc(-c2cc(-c3nccs3)ccc2Cl)s1. The Kier molecular flexibility index (Phi) is 5.70. The van der Waals surface area contributed by atoms with Gasteiger partial charge in [0.05, 0.1) is 17.3 Å². The van der Waals surface area contributed by atoms with E-state index in [1.165, 1.54) is 17.5 Å². The van der Waals surface area contributed by atoms with E-state index in [1.807, 2.05) is 17.5 Å². The van der Waals surface area contributed by atoms with Crippen LogP contribution in [0.5, 0.6) is 0 Å². The number of amides is 1. The molecule has 0 bridgehead atoms. The molecule has 2 heterocycles. The number of rotatable bonds is 4. The van der Waals surface area contributed by atoms with Crippen LogP contribution in [0.2, 0.25) is 5.02 Å². The molecule has 0 aliphatic heterocycles. The van der Waals surface area contributed by atoms with Gasteiger partial charge >= 0.3 is 0 Å². The van der Waals surface area contributed by atoms with Crippen molar-refractivity contribution in [2.45, 2.75) is 37.6 Å². The zero-order chi connectivity index (χ0) is 19.7. The van der Waals surface area contributed by atoms with Crippen molar-refractivity contribution in [1.82, 2.24) is 15.3 Å². The van der Waals surface area contributed by atoms with Crippen LogP contribution in [0.1, 0.15) is 28.9 Å². The van der Waals surface area contributed by atoms with Crippen LogP contribution in [-0.2, 0) is 0 Å². The monoisotopic (exact) mass is 439 g/mol. The summed E-state index contributed by atoms with van der Waals surface area (Å²) in [7, 11) is 0. The van der Waals surface area contributed by atoms with E-state index >= 15 is 0 Å². The van der Waals surface area contributed by atoms with Gasteiger partial charge in [0.2, 0.25) is 0 Å². The van der Waals surface area contributed by atoms with Crippen molar-refractivity contribution < 1.29 is 13.6 Å². The minimum atomic E-state index is -1.37. The number of hydrogen-bond acceptors (Lipinski definition) is 5. The molecule has 146 valence electrons. The van der Waals surface area contributed by atoms with Crippen LogP contribution in [0.4, 0.5) is 8.78 Å². The van der Waals surface area contributed by atoms with E-state index in [2.05, 4.69) is 15.3 Å². The van der Waals surface area contributed by atoms with Crippen molar-refractivity contribution in [3.05, 3.63) is 45.9 Å². The van der Waals surface area contributed by atoms with Crippen LogP contribution >= 0.6 is 34.3 Å². The molecule has 4 nitrogen and oxygen atoms in total. The smallest absolute Gasteiger partial charge is 0.263 e. The molecule has 0 saturated heterocycles. The second kappa shape index (κ2) is 8.23. The molecule has 1 amide bonds. The zero-order valence-corrected chi connectivity index (χ0v) is 17.0. The molecule has 0 spiro atoms. The number of benzene rings is 1. The van der Waals surface area contributed by atoms with Crippen LogP contribution in [0.15, 0.2) is 36.0 Å². The van der Waals surface area contributed by atoms with Gasteiger partial charge in [-0.25, -0.2) is 18.7 Å². The third kappa shape index (κ3) is 3.94. The molecule has 28 heavy (non-hydrogen) atoms. The summed E-state index contributed by atoms with van der Waals surface area (Å²) in [6.07, 6.45) is 1.41. The van der Waals surface area contributed by atoms with E-state index in [-0.39, 0.29) is 17.7 Å². The summed E-state index contributed by atoms with van der Waals surface area (Å²) in [6.45, 7) is 0. The van der Waals surface area contributed by atoms with E-state index in [9.17, 15) is 13.6 Å². The molecule has 1 N–H and O–H groups in total. The highest BCUT2D eigenvalue weighted by atomic mass is 35.5. The molecule has 0 radical (unpaired) electrons. The largest absolute Gasteiger partial charge is 0.343 e. The Balaban J connectivity index is 1.56. The quantitative estimate of drug-likeness (QED) is 0.580. The maximum atomic E-state index is 14.0. The summed E-state index contributed by atoms with van der Waals surface area (Å²) in [6, 6.07) is 4.40. The van der Waals surface area contributed by atoms with Gasteiger partial charge < -0.3 is 5.32 Å². The Morgan fingerprint density at radius 3 is 2.68 bits per heavy atom. The minimum Gasteiger partial charge on any atom is -0.343 e. The molecule has 2 aromatic heterocycles. The van der Waals surface area contributed by atoms with E-state index < -0.39 is 24.3 Å². The molecule has 9 heteroatoms. The summed E-state index contributed by atoms with van der Waals surface area (Å²) in [5, 5.41) is 6.29. The van der Waals surface area contributed by atoms with Crippen LogP contribution in [-0.4, -0.2) is 34.3 Å². The average Bonchev–Trinajstić information content (AvgIpc) is 3.37. The van der Waals surface area contributed by atoms with Gasteiger partial charge in [0.15, 0.2) is 0 Å². The van der Waals surface area contributed by atoms with Gasteiger partial charge in [0, 0.05) is 22.7 Å². The molecule has 1 aliphatic rings. The number of halogens is 3. The molecule has 1 aromatic carbocycles. The van der Waals surface area contributed by atoms with E-state index in [1.54, 1.807) is 12.3 Å². The maximum Gasteiger partial charge on any atom is 0.263 e. The fourth-order valence-corrected chi connectivity index (χ4v) is 4.94. The summed E-state index contributed by atoms with van der Waals surface area (Å²) in [5.41, 5.74) is 1.58. The van der Waals surface area contributed by atoms with E-state index in [4.69, 9.17) is 11.6 Å². The Morgan fingerprint density at radius 2 is 1.96 bits per heavy atom. The number of carbonyl (C=O) groups is 1. The number of carbonyl (C=O) groups excluding carboxylic acids is 1. The van der Waals surface area contributed by atoms with Crippen molar-refractivity contribution in [2.24, 2.45) is 0 Å². The molecular formula is C19H16ClF2N3OS2. The average molecular weight is 440 g/mol. The van der Waals surface area contributed by atoms with Gasteiger partial charge in [-0.1, -0.05) is 17.7 Å². The van der Waals surface area contributed by atoms with Gasteiger partial charge in [-0.3, -0.25) is 4.79 Å².